The molecule has 0 saturated carbocycles. The molecule has 8 heteroatoms. The van der Waals surface area contributed by atoms with E-state index in [0.717, 1.165) is 11.6 Å². The van der Waals surface area contributed by atoms with Crippen molar-refractivity contribution in [2.24, 2.45) is 0 Å². The molecular weight excluding hydrogens is 400 g/mol. The second kappa shape index (κ2) is 7.23. The summed E-state index contributed by atoms with van der Waals surface area (Å²) >= 11 is 3.13. The average molecular weight is 415 g/mol. The normalized spacial score (nSPS) is 11.2. The SMILES string of the molecule is Cc1ccc(S(=O)(=O)CCOc2cc(O)c(C(=O)O)cc2Br)cc1. The van der Waals surface area contributed by atoms with E-state index >= 15 is 0 Å². The quantitative estimate of drug-likeness (QED) is 0.753. The van der Waals surface area contributed by atoms with Crippen molar-refractivity contribution in [2.75, 3.05) is 12.4 Å². The van der Waals surface area contributed by atoms with Crippen LogP contribution in [0.2, 0.25) is 0 Å². The van der Waals surface area contributed by atoms with Gasteiger partial charge in [-0.25, -0.2) is 13.2 Å². The van der Waals surface area contributed by atoms with E-state index in [2.05, 4.69) is 15.9 Å². The molecule has 0 aliphatic heterocycles. The van der Waals surface area contributed by atoms with Gasteiger partial charge in [0.05, 0.1) is 15.1 Å². The van der Waals surface area contributed by atoms with Gasteiger partial charge in [-0.2, -0.15) is 0 Å². The van der Waals surface area contributed by atoms with Gasteiger partial charge in [0.2, 0.25) is 0 Å². The zero-order chi connectivity index (χ0) is 17.9. The molecule has 6 nitrogen and oxygen atoms in total. The van der Waals surface area contributed by atoms with Crippen LogP contribution in [0.4, 0.5) is 0 Å². The summed E-state index contributed by atoms with van der Waals surface area (Å²) in [5.41, 5.74) is 0.685. The largest absolute Gasteiger partial charge is 0.507 e. The van der Waals surface area contributed by atoms with Gasteiger partial charge in [0.25, 0.3) is 0 Å². The smallest absolute Gasteiger partial charge is 0.339 e. The van der Waals surface area contributed by atoms with Crippen LogP contribution in [0.1, 0.15) is 15.9 Å². The summed E-state index contributed by atoms with van der Waals surface area (Å²) in [7, 11) is -3.49. The van der Waals surface area contributed by atoms with Crippen LogP contribution in [0.3, 0.4) is 0 Å². The Balaban J connectivity index is 2.08. The minimum Gasteiger partial charge on any atom is -0.507 e. The average Bonchev–Trinajstić information content (AvgIpc) is 2.50. The molecule has 0 heterocycles. The van der Waals surface area contributed by atoms with E-state index in [9.17, 15) is 18.3 Å². The Morgan fingerprint density at radius 2 is 1.83 bits per heavy atom. The minimum atomic E-state index is -3.49. The second-order valence-electron chi connectivity index (χ2n) is 5.09. The number of sulfone groups is 1. The summed E-state index contributed by atoms with van der Waals surface area (Å²) in [6, 6.07) is 8.83. The van der Waals surface area contributed by atoms with Gasteiger partial charge in [-0.3, -0.25) is 0 Å². The van der Waals surface area contributed by atoms with E-state index in [1.807, 2.05) is 6.92 Å². The van der Waals surface area contributed by atoms with Crippen LogP contribution in [0.15, 0.2) is 45.8 Å². The van der Waals surface area contributed by atoms with Gasteiger partial charge in [-0.15, -0.1) is 0 Å². The number of hydrogen-bond donors (Lipinski definition) is 2. The highest BCUT2D eigenvalue weighted by Crippen LogP contribution is 2.32. The predicted octanol–water partition coefficient (Wildman–Crippen LogP) is 3.01. The Morgan fingerprint density at radius 3 is 2.42 bits per heavy atom. The van der Waals surface area contributed by atoms with Crippen LogP contribution >= 0.6 is 15.9 Å². The zero-order valence-corrected chi connectivity index (χ0v) is 15.1. The molecule has 0 spiro atoms. The van der Waals surface area contributed by atoms with Gasteiger partial charge in [-0.1, -0.05) is 17.7 Å². The van der Waals surface area contributed by atoms with E-state index in [-0.39, 0.29) is 28.6 Å². The van der Waals surface area contributed by atoms with Crippen molar-refractivity contribution in [2.45, 2.75) is 11.8 Å². The van der Waals surface area contributed by atoms with Gasteiger partial charge in [0, 0.05) is 6.07 Å². The van der Waals surface area contributed by atoms with E-state index in [1.54, 1.807) is 12.1 Å². The topological polar surface area (TPSA) is 101 Å². The van der Waals surface area contributed by atoms with Crippen LogP contribution in [-0.4, -0.2) is 37.0 Å². The van der Waals surface area contributed by atoms with E-state index in [0.29, 0.717) is 4.47 Å². The maximum atomic E-state index is 12.2. The molecule has 0 saturated heterocycles. The Hall–Kier alpha value is -2.06. The molecular formula is C16H15BrO6S. The molecule has 0 fully saturated rings. The van der Waals surface area contributed by atoms with Gasteiger partial charge >= 0.3 is 5.97 Å². The molecule has 0 aliphatic carbocycles. The maximum absolute atomic E-state index is 12.2. The molecule has 2 N–H and O–H groups in total. The molecule has 2 aromatic carbocycles. The second-order valence-corrected chi connectivity index (χ2v) is 8.05. The standard InChI is InChI=1S/C16H15BrO6S/c1-10-2-4-11(5-3-10)24(21,22)7-6-23-15-9-14(18)12(16(19)20)8-13(15)17/h2-5,8-9,18H,6-7H2,1H3,(H,19,20). The lowest BCUT2D eigenvalue weighted by atomic mass is 10.2. The van der Waals surface area contributed by atoms with Crippen molar-refractivity contribution in [3.63, 3.8) is 0 Å². The fourth-order valence-electron chi connectivity index (χ4n) is 1.95. The summed E-state index contributed by atoms with van der Waals surface area (Å²) in [6.45, 7) is 1.73. The van der Waals surface area contributed by atoms with E-state index in [4.69, 9.17) is 9.84 Å². The molecule has 0 amide bonds. The third kappa shape index (κ3) is 4.27. The van der Waals surface area contributed by atoms with Gasteiger partial charge in [-0.05, 0) is 41.1 Å². The molecule has 128 valence electrons. The van der Waals surface area contributed by atoms with Gasteiger partial charge < -0.3 is 14.9 Å². The fourth-order valence-corrected chi connectivity index (χ4v) is 3.50. The number of rotatable bonds is 6. The predicted molar refractivity (Wildman–Crippen MR) is 91.5 cm³/mol. The van der Waals surface area contributed by atoms with Crippen molar-refractivity contribution in [1.29, 1.82) is 0 Å². The number of aromatic carboxylic acids is 1. The van der Waals surface area contributed by atoms with Crippen LogP contribution < -0.4 is 4.74 Å². The zero-order valence-electron chi connectivity index (χ0n) is 12.7. The first-order valence-electron chi connectivity index (χ1n) is 6.89. The number of carbonyl (C=O) groups is 1. The number of carboxylic acid groups (broad SMARTS) is 1. The van der Waals surface area contributed by atoms with Crippen molar-refractivity contribution >= 4 is 31.7 Å². The fraction of sp³-hybridized carbons (Fsp3) is 0.188. The summed E-state index contributed by atoms with van der Waals surface area (Å²) in [4.78, 5) is 11.1. The summed E-state index contributed by atoms with van der Waals surface area (Å²) in [5.74, 6) is -1.82. The Bertz CT molecular complexity index is 859. The molecule has 0 aromatic heterocycles. The van der Waals surface area contributed by atoms with Crippen molar-refractivity contribution in [3.05, 3.63) is 52.0 Å². The van der Waals surface area contributed by atoms with Gasteiger partial charge in [0.1, 0.15) is 23.7 Å². The lowest BCUT2D eigenvalue weighted by molar-refractivity contribution is 0.0693. The van der Waals surface area contributed by atoms with E-state index in [1.165, 1.54) is 18.2 Å². The lowest BCUT2D eigenvalue weighted by Gasteiger charge is -2.11. The Morgan fingerprint density at radius 1 is 1.21 bits per heavy atom. The molecule has 2 rings (SSSR count). The first-order valence-corrected chi connectivity index (χ1v) is 9.33. The number of aryl methyl sites for hydroxylation is 1. The van der Waals surface area contributed by atoms with Crippen LogP contribution in [-0.2, 0) is 9.84 Å². The minimum absolute atomic E-state index is 0.138. The molecule has 0 radical (unpaired) electrons. The Labute approximate surface area is 147 Å². The molecule has 0 aliphatic rings. The molecule has 2 aromatic rings. The maximum Gasteiger partial charge on any atom is 0.339 e. The van der Waals surface area contributed by atoms with Crippen LogP contribution in [0.25, 0.3) is 0 Å². The highest BCUT2D eigenvalue weighted by atomic mass is 79.9. The number of carboxylic acids is 1. The monoisotopic (exact) mass is 414 g/mol. The van der Waals surface area contributed by atoms with Gasteiger partial charge in [0.15, 0.2) is 9.84 Å². The van der Waals surface area contributed by atoms with Crippen LogP contribution in [0, 0.1) is 6.92 Å². The van der Waals surface area contributed by atoms with Crippen LogP contribution in [0.5, 0.6) is 11.5 Å². The highest BCUT2D eigenvalue weighted by Gasteiger charge is 2.17. The first-order chi connectivity index (χ1) is 11.2. The lowest BCUT2D eigenvalue weighted by Crippen LogP contribution is -2.14. The molecule has 0 unspecified atom stereocenters. The number of halogens is 1. The Kier molecular flexibility index (Phi) is 5.51. The third-order valence-corrected chi connectivity index (χ3v) is 5.58. The van der Waals surface area contributed by atoms with Crippen molar-refractivity contribution < 1.29 is 28.2 Å². The highest BCUT2D eigenvalue weighted by molar-refractivity contribution is 9.10. The number of benzene rings is 2. The first kappa shape index (κ1) is 18.3. The number of hydrogen-bond acceptors (Lipinski definition) is 5. The number of ether oxygens (including phenoxy) is 1. The molecule has 24 heavy (non-hydrogen) atoms. The number of aromatic hydroxyl groups is 1. The third-order valence-electron chi connectivity index (χ3n) is 3.27. The molecule has 0 bridgehead atoms. The van der Waals surface area contributed by atoms with Crippen molar-refractivity contribution in [1.82, 2.24) is 0 Å². The van der Waals surface area contributed by atoms with Crippen molar-refractivity contribution in [3.8, 4) is 11.5 Å². The summed E-state index contributed by atoms with van der Waals surface area (Å²) < 4.78 is 30.1. The summed E-state index contributed by atoms with van der Waals surface area (Å²) in [5, 5.41) is 18.6. The number of phenols is 1. The molecule has 0 atom stereocenters. The summed E-state index contributed by atoms with van der Waals surface area (Å²) in [6.07, 6.45) is 0. The van der Waals surface area contributed by atoms with E-state index < -0.39 is 21.6 Å².